The Labute approximate surface area is 123 Å². The standard InChI is InChI=1S/C19H14O2/c20-13-14-11-17(15-7-3-1-4-8-15)19(21)18(12-14)16-9-5-2-6-10-16/h1-13,21H. The normalized spacial score (nSPS) is 10.3. The minimum absolute atomic E-state index is 0.193. The van der Waals surface area contributed by atoms with Crippen LogP contribution >= 0.6 is 0 Å². The first-order valence-corrected chi connectivity index (χ1v) is 6.72. The summed E-state index contributed by atoms with van der Waals surface area (Å²) >= 11 is 0. The van der Waals surface area contributed by atoms with Crippen LogP contribution in [-0.2, 0) is 0 Å². The van der Waals surface area contributed by atoms with Gasteiger partial charge in [0.05, 0.1) is 0 Å². The van der Waals surface area contributed by atoms with E-state index in [9.17, 15) is 9.90 Å². The van der Waals surface area contributed by atoms with Crippen molar-refractivity contribution in [1.29, 1.82) is 0 Å². The first-order chi connectivity index (χ1) is 10.3. The zero-order chi connectivity index (χ0) is 14.7. The lowest BCUT2D eigenvalue weighted by molar-refractivity contribution is 0.112. The second kappa shape index (κ2) is 5.63. The molecular formula is C19H14O2. The third-order valence-electron chi connectivity index (χ3n) is 3.44. The van der Waals surface area contributed by atoms with Gasteiger partial charge >= 0.3 is 0 Å². The topological polar surface area (TPSA) is 37.3 Å². The van der Waals surface area contributed by atoms with Gasteiger partial charge in [0, 0.05) is 16.7 Å². The van der Waals surface area contributed by atoms with Gasteiger partial charge in [0.15, 0.2) is 0 Å². The smallest absolute Gasteiger partial charge is 0.150 e. The fourth-order valence-electron chi connectivity index (χ4n) is 2.40. The second-order valence-corrected chi connectivity index (χ2v) is 4.81. The monoisotopic (exact) mass is 274 g/mol. The summed E-state index contributed by atoms with van der Waals surface area (Å²) in [4.78, 5) is 11.2. The van der Waals surface area contributed by atoms with Crippen molar-refractivity contribution in [3.8, 4) is 28.0 Å². The second-order valence-electron chi connectivity index (χ2n) is 4.81. The summed E-state index contributed by atoms with van der Waals surface area (Å²) in [5, 5.41) is 10.6. The summed E-state index contributed by atoms with van der Waals surface area (Å²) < 4.78 is 0. The van der Waals surface area contributed by atoms with Crippen LogP contribution in [0.4, 0.5) is 0 Å². The molecule has 0 spiro atoms. The van der Waals surface area contributed by atoms with Gasteiger partial charge in [0.2, 0.25) is 0 Å². The van der Waals surface area contributed by atoms with Crippen LogP contribution in [0.2, 0.25) is 0 Å². The summed E-state index contributed by atoms with van der Waals surface area (Å²) in [5.41, 5.74) is 3.65. The molecule has 1 N–H and O–H groups in total. The lowest BCUT2D eigenvalue weighted by Gasteiger charge is -2.12. The number of hydrogen-bond donors (Lipinski definition) is 1. The van der Waals surface area contributed by atoms with Gasteiger partial charge in [-0.05, 0) is 23.3 Å². The third kappa shape index (κ3) is 2.56. The molecule has 0 unspecified atom stereocenters. The highest BCUT2D eigenvalue weighted by atomic mass is 16.3. The maximum absolute atomic E-state index is 11.2. The molecule has 0 heterocycles. The van der Waals surface area contributed by atoms with E-state index in [1.54, 1.807) is 12.1 Å². The number of carbonyl (C=O) groups excluding carboxylic acids is 1. The Kier molecular flexibility index (Phi) is 3.52. The highest BCUT2D eigenvalue weighted by Gasteiger charge is 2.12. The number of phenols is 1. The first kappa shape index (κ1) is 13.1. The van der Waals surface area contributed by atoms with Crippen molar-refractivity contribution in [2.45, 2.75) is 0 Å². The summed E-state index contributed by atoms with van der Waals surface area (Å²) in [7, 11) is 0. The molecule has 0 fully saturated rings. The van der Waals surface area contributed by atoms with Gasteiger partial charge in [-0.2, -0.15) is 0 Å². The molecule has 102 valence electrons. The van der Waals surface area contributed by atoms with Gasteiger partial charge in [0.1, 0.15) is 12.0 Å². The molecule has 3 rings (SSSR count). The van der Waals surface area contributed by atoms with E-state index in [0.717, 1.165) is 17.4 Å². The van der Waals surface area contributed by atoms with Crippen molar-refractivity contribution in [3.05, 3.63) is 78.4 Å². The summed E-state index contributed by atoms with van der Waals surface area (Å²) in [5.74, 6) is 0.193. The van der Waals surface area contributed by atoms with E-state index in [1.165, 1.54) is 0 Å². The van der Waals surface area contributed by atoms with Gasteiger partial charge in [-0.1, -0.05) is 60.7 Å². The molecule has 0 atom stereocenters. The maximum Gasteiger partial charge on any atom is 0.150 e. The molecule has 3 aromatic rings. The molecule has 21 heavy (non-hydrogen) atoms. The predicted octanol–water partition coefficient (Wildman–Crippen LogP) is 4.54. The van der Waals surface area contributed by atoms with Crippen LogP contribution < -0.4 is 0 Å². The molecule has 3 aromatic carbocycles. The van der Waals surface area contributed by atoms with E-state index in [1.807, 2.05) is 60.7 Å². The Morgan fingerprint density at radius 1 is 0.714 bits per heavy atom. The van der Waals surface area contributed by atoms with Gasteiger partial charge in [-0.25, -0.2) is 0 Å². The lowest BCUT2D eigenvalue weighted by atomic mass is 9.95. The van der Waals surface area contributed by atoms with Crippen molar-refractivity contribution in [2.75, 3.05) is 0 Å². The molecule has 0 aliphatic rings. The number of aldehydes is 1. The van der Waals surface area contributed by atoms with Gasteiger partial charge in [-0.15, -0.1) is 0 Å². The van der Waals surface area contributed by atoms with Crippen molar-refractivity contribution < 1.29 is 9.90 Å². The third-order valence-corrected chi connectivity index (χ3v) is 3.44. The average Bonchev–Trinajstić information content (AvgIpc) is 2.57. The first-order valence-electron chi connectivity index (χ1n) is 6.72. The molecule has 2 heteroatoms. The van der Waals surface area contributed by atoms with Gasteiger partial charge < -0.3 is 5.11 Å². The maximum atomic E-state index is 11.2. The van der Waals surface area contributed by atoms with Crippen molar-refractivity contribution in [3.63, 3.8) is 0 Å². The Morgan fingerprint density at radius 2 is 1.14 bits per heavy atom. The van der Waals surface area contributed by atoms with E-state index in [-0.39, 0.29) is 5.75 Å². The van der Waals surface area contributed by atoms with Crippen LogP contribution in [0, 0.1) is 0 Å². The zero-order valence-corrected chi connectivity index (χ0v) is 11.4. The summed E-state index contributed by atoms with van der Waals surface area (Å²) in [6, 6.07) is 22.6. The van der Waals surface area contributed by atoms with Crippen molar-refractivity contribution in [1.82, 2.24) is 0 Å². The number of aromatic hydroxyl groups is 1. The van der Waals surface area contributed by atoms with Crippen LogP contribution in [-0.4, -0.2) is 11.4 Å². The number of carbonyl (C=O) groups is 1. The number of rotatable bonds is 3. The summed E-state index contributed by atoms with van der Waals surface area (Å²) in [6.45, 7) is 0. The molecule has 0 aliphatic heterocycles. The zero-order valence-electron chi connectivity index (χ0n) is 11.4. The van der Waals surface area contributed by atoms with E-state index >= 15 is 0 Å². The average molecular weight is 274 g/mol. The number of hydrogen-bond acceptors (Lipinski definition) is 2. The fraction of sp³-hybridized carbons (Fsp3) is 0. The molecular weight excluding hydrogens is 260 g/mol. The van der Waals surface area contributed by atoms with Crippen molar-refractivity contribution in [2.24, 2.45) is 0 Å². The van der Waals surface area contributed by atoms with E-state index in [4.69, 9.17) is 0 Å². The molecule has 0 aliphatic carbocycles. The Bertz CT molecular complexity index is 702. The molecule has 0 aromatic heterocycles. The minimum Gasteiger partial charge on any atom is -0.507 e. The molecule has 0 radical (unpaired) electrons. The van der Waals surface area contributed by atoms with Crippen LogP contribution in [0.25, 0.3) is 22.3 Å². The largest absolute Gasteiger partial charge is 0.507 e. The highest BCUT2D eigenvalue weighted by Crippen LogP contribution is 2.38. The molecule has 0 bridgehead atoms. The minimum atomic E-state index is 0.193. The molecule has 2 nitrogen and oxygen atoms in total. The Morgan fingerprint density at radius 3 is 1.52 bits per heavy atom. The van der Waals surface area contributed by atoms with E-state index in [2.05, 4.69) is 0 Å². The van der Waals surface area contributed by atoms with Crippen molar-refractivity contribution >= 4 is 6.29 Å². The SMILES string of the molecule is O=Cc1cc(-c2ccccc2)c(O)c(-c2ccccc2)c1. The van der Waals surface area contributed by atoms with Crippen LogP contribution in [0.1, 0.15) is 10.4 Å². The highest BCUT2D eigenvalue weighted by molar-refractivity contribution is 5.89. The molecule has 0 saturated heterocycles. The fourth-order valence-corrected chi connectivity index (χ4v) is 2.40. The van der Waals surface area contributed by atoms with Crippen LogP contribution in [0.3, 0.4) is 0 Å². The Hall–Kier alpha value is -2.87. The molecule has 0 amide bonds. The quantitative estimate of drug-likeness (QED) is 0.712. The number of phenolic OH excluding ortho intramolecular Hbond substituents is 1. The summed E-state index contributed by atoms with van der Waals surface area (Å²) in [6.07, 6.45) is 0.804. The van der Waals surface area contributed by atoms with Gasteiger partial charge in [-0.3, -0.25) is 4.79 Å². The van der Waals surface area contributed by atoms with Crippen LogP contribution in [0.5, 0.6) is 5.75 Å². The Balaban J connectivity index is 2.25. The number of benzene rings is 3. The predicted molar refractivity (Wildman–Crippen MR) is 84.4 cm³/mol. The lowest BCUT2D eigenvalue weighted by Crippen LogP contribution is -1.89. The van der Waals surface area contributed by atoms with E-state index in [0.29, 0.717) is 16.7 Å². The van der Waals surface area contributed by atoms with E-state index < -0.39 is 0 Å². The van der Waals surface area contributed by atoms with Crippen LogP contribution in [0.15, 0.2) is 72.8 Å². The van der Waals surface area contributed by atoms with Gasteiger partial charge in [0.25, 0.3) is 0 Å². The molecule has 0 saturated carbocycles.